The average molecular weight is 294 g/mol. The Hall–Kier alpha value is -0.178. The molecule has 0 aromatic carbocycles. The smallest absolute Gasteiger partial charge is 0.215 e. The molecule has 0 rings (SSSR count). The fraction of sp³-hybridized carbons (Fsp3) is 1.00. The van der Waals surface area contributed by atoms with E-state index in [-0.39, 0.29) is 18.9 Å². The number of rotatable bonds is 0. The Bertz CT molecular complexity index is 217. The monoisotopic (exact) mass is 294 g/mol. The number of alkyl halides is 12. The first-order valence-electron chi connectivity index (χ1n) is 3.42. The van der Waals surface area contributed by atoms with Crippen LogP contribution in [-0.4, -0.2) is 30.4 Å². The SMILES string of the molecule is FC(F)(F)[B-](C(F)(F)F)(C(F)(F)F)C(F)(F)F.[Li+]. The third-order valence-electron chi connectivity index (χ3n) is 1.96. The Morgan fingerprint density at radius 3 is 0.500 bits per heavy atom. The van der Waals surface area contributed by atoms with Crippen LogP contribution in [0.3, 0.4) is 0 Å². The molecule has 0 aliphatic rings. The molecule has 0 spiro atoms. The van der Waals surface area contributed by atoms with E-state index in [2.05, 4.69) is 0 Å². The summed E-state index contributed by atoms with van der Waals surface area (Å²) in [5.74, 6) is 0. The second kappa shape index (κ2) is 4.74. The standard InChI is InChI=1S/C4BF12.Li/c6-1(7,8)5(2(9,10)11,3(12,13)14)4(15,16)17;/q-1;+1. The number of hydrogen-bond acceptors (Lipinski definition) is 0. The molecular formula is C4BF12Li. The van der Waals surface area contributed by atoms with Crippen LogP contribution in [-0.2, 0) is 0 Å². The van der Waals surface area contributed by atoms with Gasteiger partial charge in [-0.15, -0.1) is 0 Å². The molecule has 0 aromatic rings. The summed E-state index contributed by atoms with van der Waals surface area (Å²) in [6, 6.07) is 0. The van der Waals surface area contributed by atoms with Crippen molar-refractivity contribution in [3.05, 3.63) is 0 Å². The van der Waals surface area contributed by atoms with Gasteiger partial charge in [-0.1, -0.05) is 0 Å². The van der Waals surface area contributed by atoms with Gasteiger partial charge in [0.15, 0.2) is 0 Å². The van der Waals surface area contributed by atoms with E-state index < -0.39 is 30.4 Å². The van der Waals surface area contributed by atoms with Crippen LogP contribution in [0.2, 0.25) is 0 Å². The van der Waals surface area contributed by atoms with Crippen molar-refractivity contribution < 1.29 is 71.5 Å². The van der Waals surface area contributed by atoms with Gasteiger partial charge < -0.3 is 0 Å². The summed E-state index contributed by atoms with van der Waals surface area (Å²) in [6.45, 7) is 0. The molecule has 0 aliphatic heterocycles. The predicted octanol–water partition coefficient (Wildman–Crippen LogP) is 0.845. The largest absolute Gasteiger partial charge is 1.00 e. The molecular weight excluding hydrogens is 294 g/mol. The molecule has 104 valence electrons. The Labute approximate surface area is 103 Å². The van der Waals surface area contributed by atoms with Crippen LogP contribution in [0.15, 0.2) is 0 Å². The minimum absolute atomic E-state index is 0. The zero-order chi connectivity index (χ0) is 14.5. The predicted molar refractivity (Wildman–Crippen MR) is 30.0 cm³/mol. The van der Waals surface area contributed by atoms with Crippen LogP contribution in [0.5, 0.6) is 0 Å². The zero-order valence-corrected chi connectivity index (χ0v) is 8.11. The third-order valence-corrected chi connectivity index (χ3v) is 1.96. The van der Waals surface area contributed by atoms with Crippen LogP contribution in [0.4, 0.5) is 52.7 Å². The fourth-order valence-corrected chi connectivity index (χ4v) is 1.11. The van der Waals surface area contributed by atoms with Crippen LogP contribution in [0.1, 0.15) is 0 Å². The summed E-state index contributed by atoms with van der Waals surface area (Å²) >= 11 is 0. The molecule has 0 bridgehead atoms. The Morgan fingerprint density at radius 1 is 0.389 bits per heavy atom. The van der Waals surface area contributed by atoms with Crippen molar-refractivity contribution in [2.45, 2.75) is 24.3 Å². The van der Waals surface area contributed by atoms with E-state index in [0.29, 0.717) is 0 Å². The van der Waals surface area contributed by atoms with Crippen molar-refractivity contribution in [3.8, 4) is 0 Å². The van der Waals surface area contributed by atoms with E-state index in [1.54, 1.807) is 0 Å². The van der Waals surface area contributed by atoms with Crippen LogP contribution in [0, 0.1) is 0 Å². The molecule has 0 radical (unpaired) electrons. The topological polar surface area (TPSA) is 0 Å². The second-order valence-electron chi connectivity index (χ2n) is 3.03. The third kappa shape index (κ3) is 2.71. The van der Waals surface area contributed by atoms with Gasteiger partial charge in [0, 0.05) is 0 Å². The zero-order valence-electron chi connectivity index (χ0n) is 8.11. The van der Waals surface area contributed by atoms with Gasteiger partial charge in [0.05, 0.1) is 0 Å². The van der Waals surface area contributed by atoms with Gasteiger partial charge in [0.1, 0.15) is 0 Å². The van der Waals surface area contributed by atoms with E-state index >= 15 is 0 Å². The second-order valence-corrected chi connectivity index (χ2v) is 3.03. The molecule has 18 heavy (non-hydrogen) atoms. The van der Waals surface area contributed by atoms with E-state index in [1.165, 1.54) is 0 Å². The van der Waals surface area contributed by atoms with Crippen molar-refractivity contribution >= 4 is 6.15 Å². The molecule has 0 unspecified atom stereocenters. The number of halogens is 12. The van der Waals surface area contributed by atoms with Gasteiger partial charge in [-0.2, -0.15) is 0 Å². The minimum atomic E-state index is -8.58. The summed E-state index contributed by atoms with van der Waals surface area (Å²) in [5.41, 5.74) is 0. The molecule has 0 atom stereocenters. The van der Waals surface area contributed by atoms with Gasteiger partial charge in [-0.3, -0.25) is 0 Å². The molecule has 14 heteroatoms. The number of hydrogen-bond donors (Lipinski definition) is 0. The summed E-state index contributed by atoms with van der Waals surface area (Å²) in [5, 5.41) is 0. The molecule has 0 saturated carbocycles. The first-order chi connectivity index (χ1) is 7.00. The maximum Gasteiger partial charge on any atom is 1.00 e. The summed E-state index contributed by atoms with van der Waals surface area (Å²) in [7, 11) is 0. The van der Waals surface area contributed by atoms with Crippen molar-refractivity contribution in [2.75, 3.05) is 0 Å². The molecule has 0 saturated heterocycles. The maximum atomic E-state index is 11.7. The van der Waals surface area contributed by atoms with Gasteiger partial charge in [-0.05, 0) is 0 Å². The van der Waals surface area contributed by atoms with Crippen LogP contribution >= 0.6 is 0 Å². The molecule has 0 nitrogen and oxygen atoms in total. The van der Waals surface area contributed by atoms with Crippen LogP contribution < -0.4 is 18.9 Å². The molecule has 0 fully saturated rings. The fourth-order valence-electron chi connectivity index (χ4n) is 1.11. The maximum absolute atomic E-state index is 11.7. The summed E-state index contributed by atoms with van der Waals surface area (Å²) in [4.78, 5) is 0. The Balaban J connectivity index is 0. The first kappa shape index (κ1) is 20.1. The van der Waals surface area contributed by atoms with E-state index in [4.69, 9.17) is 0 Å². The van der Waals surface area contributed by atoms with E-state index in [0.717, 1.165) is 0 Å². The van der Waals surface area contributed by atoms with Gasteiger partial charge in [0.2, 0.25) is 0 Å². The van der Waals surface area contributed by atoms with Crippen molar-refractivity contribution in [1.82, 2.24) is 0 Å². The van der Waals surface area contributed by atoms with Crippen LogP contribution in [0.25, 0.3) is 0 Å². The van der Waals surface area contributed by atoms with Crippen molar-refractivity contribution in [2.24, 2.45) is 0 Å². The van der Waals surface area contributed by atoms with E-state index in [1.807, 2.05) is 0 Å². The van der Waals surface area contributed by atoms with Crippen molar-refractivity contribution in [1.29, 1.82) is 0 Å². The first-order valence-corrected chi connectivity index (χ1v) is 3.42. The normalized spacial score (nSPS) is 15.3. The molecule has 0 amide bonds. The molecule has 0 aliphatic carbocycles. The molecule has 0 N–H and O–H groups in total. The van der Waals surface area contributed by atoms with Crippen molar-refractivity contribution in [3.63, 3.8) is 0 Å². The van der Waals surface area contributed by atoms with E-state index in [9.17, 15) is 52.7 Å². The molecule has 0 aromatic heterocycles. The van der Waals surface area contributed by atoms with Gasteiger partial charge in [0.25, 0.3) is 24.3 Å². The minimum Gasteiger partial charge on any atom is -0.215 e. The Morgan fingerprint density at radius 2 is 0.500 bits per heavy atom. The summed E-state index contributed by atoms with van der Waals surface area (Å²) < 4.78 is 141. The van der Waals surface area contributed by atoms with Gasteiger partial charge >= 0.3 is 25.0 Å². The Kier molecular flexibility index (Phi) is 5.30. The van der Waals surface area contributed by atoms with Gasteiger partial charge in [-0.25, -0.2) is 52.7 Å². The molecule has 0 heterocycles. The average Bonchev–Trinajstić information content (AvgIpc) is 1.67. The summed E-state index contributed by atoms with van der Waals surface area (Å²) in [6.07, 6.45) is -38.8. The quantitative estimate of drug-likeness (QED) is 0.459.